The first-order valence-corrected chi connectivity index (χ1v) is 5.45. The quantitative estimate of drug-likeness (QED) is 0.724. The first-order chi connectivity index (χ1) is 7.58. The summed E-state index contributed by atoms with van der Waals surface area (Å²) in [6, 6.07) is 4.29. The lowest BCUT2D eigenvalue weighted by Crippen LogP contribution is -1.93. The average molecular weight is 212 g/mol. The molecule has 0 spiro atoms. The van der Waals surface area contributed by atoms with Gasteiger partial charge in [-0.25, -0.2) is 9.97 Å². The minimum atomic E-state index is 0.803. The molecule has 0 saturated carbocycles. The summed E-state index contributed by atoms with van der Waals surface area (Å²) in [5, 5.41) is 0. The molecule has 2 nitrogen and oxygen atoms in total. The highest BCUT2D eigenvalue weighted by Gasteiger charge is 2.05. The van der Waals surface area contributed by atoms with Crippen LogP contribution in [0.25, 0.3) is 11.4 Å². The molecule has 0 N–H and O–H groups in total. The predicted molar refractivity (Wildman–Crippen MR) is 66.4 cm³/mol. The zero-order valence-corrected chi connectivity index (χ0v) is 10.2. The maximum absolute atomic E-state index is 4.35. The number of aromatic nitrogens is 2. The monoisotopic (exact) mass is 212 g/mol. The maximum Gasteiger partial charge on any atom is 0.159 e. The van der Waals surface area contributed by atoms with Crippen molar-refractivity contribution >= 4 is 0 Å². The lowest BCUT2D eigenvalue weighted by Gasteiger charge is -2.08. The zero-order chi connectivity index (χ0) is 11.7. The Hall–Kier alpha value is -1.70. The molecule has 0 aliphatic carbocycles. The molecule has 0 amide bonds. The van der Waals surface area contributed by atoms with Gasteiger partial charge in [-0.15, -0.1) is 0 Å². The summed E-state index contributed by atoms with van der Waals surface area (Å²) >= 11 is 0. The third-order valence-electron chi connectivity index (χ3n) is 2.97. The molecular weight excluding hydrogens is 196 g/mol. The summed E-state index contributed by atoms with van der Waals surface area (Å²) in [5.41, 5.74) is 6.11. The van der Waals surface area contributed by atoms with Gasteiger partial charge in [0, 0.05) is 18.0 Å². The fourth-order valence-electron chi connectivity index (χ4n) is 1.71. The van der Waals surface area contributed by atoms with Gasteiger partial charge in [0.2, 0.25) is 0 Å². The van der Waals surface area contributed by atoms with E-state index in [0.717, 1.165) is 17.0 Å². The van der Waals surface area contributed by atoms with Crippen molar-refractivity contribution in [2.45, 2.75) is 27.7 Å². The van der Waals surface area contributed by atoms with E-state index in [9.17, 15) is 0 Å². The van der Waals surface area contributed by atoms with E-state index in [2.05, 4.69) is 42.9 Å². The summed E-state index contributed by atoms with van der Waals surface area (Å²) in [7, 11) is 0. The molecule has 0 aliphatic rings. The van der Waals surface area contributed by atoms with Crippen LogP contribution in [0.15, 0.2) is 24.5 Å². The number of hydrogen-bond acceptors (Lipinski definition) is 2. The molecule has 0 atom stereocenters. The second-order valence-electron chi connectivity index (χ2n) is 4.32. The number of hydrogen-bond donors (Lipinski definition) is 0. The molecule has 2 heteroatoms. The van der Waals surface area contributed by atoms with Crippen molar-refractivity contribution in [1.82, 2.24) is 9.97 Å². The van der Waals surface area contributed by atoms with Crippen LogP contribution in [0.2, 0.25) is 0 Å². The van der Waals surface area contributed by atoms with Crippen LogP contribution in [0.1, 0.15) is 22.3 Å². The lowest BCUT2D eigenvalue weighted by atomic mass is 10.0. The van der Waals surface area contributed by atoms with E-state index >= 15 is 0 Å². The maximum atomic E-state index is 4.35. The summed E-state index contributed by atoms with van der Waals surface area (Å²) < 4.78 is 0. The topological polar surface area (TPSA) is 25.8 Å². The molecule has 0 saturated heterocycles. The molecular formula is C14H16N2. The second-order valence-corrected chi connectivity index (χ2v) is 4.32. The van der Waals surface area contributed by atoms with Crippen molar-refractivity contribution in [2.75, 3.05) is 0 Å². The molecule has 1 aromatic heterocycles. The third-order valence-corrected chi connectivity index (χ3v) is 2.97. The zero-order valence-electron chi connectivity index (χ0n) is 10.2. The van der Waals surface area contributed by atoms with Gasteiger partial charge in [0.25, 0.3) is 0 Å². The normalized spacial score (nSPS) is 10.5. The van der Waals surface area contributed by atoms with E-state index in [4.69, 9.17) is 0 Å². The molecule has 0 bridgehead atoms. The predicted octanol–water partition coefficient (Wildman–Crippen LogP) is 3.38. The van der Waals surface area contributed by atoms with Gasteiger partial charge in [-0.05, 0) is 62.1 Å². The average Bonchev–Trinajstić information content (AvgIpc) is 2.26. The Bertz CT molecular complexity index is 490. The largest absolute Gasteiger partial charge is 0.236 e. The Morgan fingerprint density at radius 3 is 1.81 bits per heavy atom. The van der Waals surface area contributed by atoms with Gasteiger partial charge < -0.3 is 0 Å². The summed E-state index contributed by atoms with van der Waals surface area (Å²) in [4.78, 5) is 8.70. The number of rotatable bonds is 1. The van der Waals surface area contributed by atoms with Crippen molar-refractivity contribution in [3.05, 3.63) is 46.8 Å². The highest BCUT2D eigenvalue weighted by molar-refractivity contribution is 5.59. The molecule has 0 fully saturated rings. The van der Waals surface area contributed by atoms with E-state index in [1.54, 1.807) is 0 Å². The van der Waals surface area contributed by atoms with Crippen LogP contribution in [0.3, 0.4) is 0 Å². The molecule has 0 radical (unpaired) electrons. The SMILES string of the molecule is Cc1cnc(-c2cc(C)c(C)c(C)c2)nc1. The number of benzene rings is 1. The summed E-state index contributed by atoms with van der Waals surface area (Å²) in [6.45, 7) is 8.39. The van der Waals surface area contributed by atoms with Crippen LogP contribution in [-0.4, -0.2) is 9.97 Å². The molecule has 0 unspecified atom stereocenters. The molecule has 2 rings (SSSR count). The number of nitrogens with zero attached hydrogens (tertiary/aromatic N) is 2. The van der Waals surface area contributed by atoms with E-state index in [1.165, 1.54) is 16.7 Å². The highest BCUT2D eigenvalue weighted by atomic mass is 14.9. The van der Waals surface area contributed by atoms with Gasteiger partial charge >= 0.3 is 0 Å². The minimum Gasteiger partial charge on any atom is -0.236 e. The van der Waals surface area contributed by atoms with Crippen molar-refractivity contribution in [1.29, 1.82) is 0 Å². The van der Waals surface area contributed by atoms with Gasteiger partial charge in [-0.2, -0.15) is 0 Å². The first kappa shape index (κ1) is 10.8. The Balaban J connectivity index is 2.52. The van der Waals surface area contributed by atoms with Crippen LogP contribution in [-0.2, 0) is 0 Å². The van der Waals surface area contributed by atoms with E-state index in [-0.39, 0.29) is 0 Å². The highest BCUT2D eigenvalue weighted by Crippen LogP contribution is 2.21. The van der Waals surface area contributed by atoms with E-state index < -0.39 is 0 Å². The standard InChI is InChI=1S/C14H16N2/c1-9-7-15-14(16-8-9)13-5-10(2)12(4)11(3)6-13/h5-8H,1-4H3. The van der Waals surface area contributed by atoms with Gasteiger partial charge in [-0.1, -0.05) is 0 Å². The lowest BCUT2D eigenvalue weighted by molar-refractivity contribution is 1.13. The van der Waals surface area contributed by atoms with E-state index in [0.29, 0.717) is 0 Å². The Kier molecular flexibility index (Phi) is 2.73. The first-order valence-electron chi connectivity index (χ1n) is 5.45. The molecule has 1 heterocycles. The minimum absolute atomic E-state index is 0.803. The Morgan fingerprint density at radius 2 is 1.31 bits per heavy atom. The van der Waals surface area contributed by atoms with Crippen molar-refractivity contribution in [3.8, 4) is 11.4 Å². The van der Waals surface area contributed by atoms with Crippen LogP contribution < -0.4 is 0 Å². The van der Waals surface area contributed by atoms with Gasteiger partial charge in [0.15, 0.2) is 5.82 Å². The molecule has 82 valence electrons. The Morgan fingerprint density at radius 1 is 0.812 bits per heavy atom. The molecule has 1 aromatic carbocycles. The molecule has 0 aliphatic heterocycles. The van der Waals surface area contributed by atoms with Gasteiger partial charge in [0.1, 0.15) is 0 Å². The van der Waals surface area contributed by atoms with Crippen LogP contribution in [0.5, 0.6) is 0 Å². The summed E-state index contributed by atoms with van der Waals surface area (Å²) in [5.74, 6) is 0.803. The smallest absolute Gasteiger partial charge is 0.159 e. The molecule has 16 heavy (non-hydrogen) atoms. The van der Waals surface area contributed by atoms with Crippen molar-refractivity contribution < 1.29 is 0 Å². The van der Waals surface area contributed by atoms with Crippen LogP contribution in [0, 0.1) is 27.7 Å². The van der Waals surface area contributed by atoms with Crippen molar-refractivity contribution in [3.63, 3.8) is 0 Å². The summed E-state index contributed by atoms with van der Waals surface area (Å²) in [6.07, 6.45) is 3.71. The molecule has 2 aromatic rings. The van der Waals surface area contributed by atoms with Crippen molar-refractivity contribution in [2.24, 2.45) is 0 Å². The number of aryl methyl sites for hydroxylation is 3. The van der Waals surface area contributed by atoms with Crippen LogP contribution >= 0.6 is 0 Å². The Labute approximate surface area is 96.4 Å². The van der Waals surface area contributed by atoms with Gasteiger partial charge in [0.05, 0.1) is 0 Å². The fraction of sp³-hybridized carbons (Fsp3) is 0.286. The second kappa shape index (κ2) is 4.05. The van der Waals surface area contributed by atoms with Gasteiger partial charge in [-0.3, -0.25) is 0 Å². The van der Waals surface area contributed by atoms with Crippen LogP contribution in [0.4, 0.5) is 0 Å². The van der Waals surface area contributed by atoms with E-state index in [1.807, 2.05) is 19.3 Å². The third kappa shape index (κ3) is 1.96. The fourth-order valence-corrected chi connectivity index (χ4v) is 1.71.